The molecule has 204 valence electrons. The number of esters is 2. The summed E-state index contributed by atoms with van der Waals surface area (Å²) in [6, 6.07) is 27.2. The minimum absolute atomic E-state index is 0.160. The summed E-state index contributed by atoms with van der Waals surface area (Å²) in [5, 5.41) is 11.8. The van der Waals surface area contributed by atoms with Gasteiger partial charge in [0.25, 0.3) is 0 Å². The maximum atomic E-state index is 13.6. The lowest BCUT2D eigenvalue weighted by molar-refractivity contribution is -0.171. The van der Waals surface area contributed by atoms with Crippen LogP contribution in [0.4, 0.5) is 0 Å². The molecule has 0 saturated carbocycles. The molecule has 39 heavy (non-hydrogen) atoms. The molecule has 0 aliphatic carbocycles. The number of rotatable bonds is 10. The Kier molecular flexibility index (Phi) is 8.44. The minimum atomic E-state index is -1.85. The third-order valence-electron chi connectivity index (χ3n) is 8.10. The first-order valence-electron chi connectivity index (χ1n) is 14.0. The van der Waals surface area contributed by atoms with Gasteiger partial charge in [-0.05, 0) is 48.4 Å². The van der Waals surface area contributed by atoms with Crippen molar-refractivity contribution in [3.63, 3.8) is 0 Å². The topological polar surface area (TPSA) is 76.1 Å². The number of hydrogen-bond acceptors (Lipinski definition) is 6. The molecule has 2 saturated heterocycles. The van der Waals surface area contributed by atoms with E-state index in [1.165, 1.54) is 5.56 Å². The van der Waals surface area contributed by atoms with E-state index in [1.54, 1.807) is 24.3 Å². The van der Waals surface area contributed by atoms with Crippen LogP contribution in [-0.2, 0) is 37.6 Å². The Morgan fingerprint density at radius 3 is 1.92 bits per heavy atom. The van der Waals surface area contributed by atoms with Crippen molar-refractivity contribution >= 4 is 11.9 Å². The van der Waals surface area contributed by atoms with Crippen LogP contribution in [0.2, 0.25) is 0 Å². The van der Waals surface area contributed by atoms with Gasteiger partial charge in [-0.2, -0.15) is 0 Å². The summed E-state index contributed by atoms with van der Waals surface area (Å²) in [6.07, 6.45) is 4.54. The van der Waals surface area contributed by atoms with E-state index in [0.717, 1.165) is 37.8 Å². The molecule has 0 radical (unpaired) electrons. The van der Waals surface area contributed by atoms with E-state index in [0.29, 0.717) is 42.7 Å². The van der Waals surface area contributed by atoms with Crippen molar-refractivity contribution in [3.05, 3.63) is 107 Å². The third-order valence-corrected chi connectivity index (χ3v) is 8.10. The number of hydrogen-bond donors (Lipinski definition) is 1. The molecule has 6 heteroatoms. The fourth-order valence-corrected chi connectivity index (χ4v) is 6.08. The van der Waals surface area contributed by atoms with Gasteiger partial charge in [-0.3, -0.25) is 9.69 Å². The Balaban J connectivity index is 1.22. The van der Waals surface area contributed by atoms with Crippen LogP contribution in [0.3, 0.4) is 0 Å². The highest BCUT2D eigenvalue weighted by Crippen LogP contribution is 2.39. The van der Waals surface area contributed by atoms with Crippen LogP contribution in [0.15, 0.2) is 84.9 Å². The van der Waals surface area contributed by atoms with Gasteiger partial charge in [-0.25, -0.2) is 4.79 Å². The number of aliphatic hydroxyl groups is 1. The zero-order valence-electron chi connectivity index (χ0n) is 22.5. The van der Waals surface area contributed by atoms with E-state index in [9.17, 15) is 14.7 Å². The molecule has 2 fully saturated rings. The first-order chi connectivity index (χ1) is 19.0. The lowest BCUT2D eigenvalue weighted by Crippen LogP contribution is -2.47. The predicted octanol–water partition coefficient (Wildman–Crippen LogP) is 5.16. The van der Waals surface area contributed by atoms with E-state index in [2.05, 4.69) is 29.2 Å². The van der Waals surface area contributed by atoms with E-state index in [-0.39, 0.29) is 12.1 Å². The Bertz CT molecular complexity index is 1190. The van der Waals surface area contributed by atoms with Gasteiger partial charge in [0.05, 0.1) is 6.61 Å². The molecule has 2 aliphatic rings. The number of ether oxygens (including phenoxy) is 2. The number of fused-ring (bicyclic) bond motifs is 2. The molecular weight excluding hydrogens is 490 g/mol. The van der Waals surface area contributed by atoms with Crippen molar-refractivity contribution in [2.75, 3.05) is 6.61 Å². The number of aryl methyl sites for hydroxylation is 1. The van der Waals surface area contributed by atoms with Crippen LogP contribution in [0.1, 0.15) is 61.3 Å². The molecule has 1 unspecified atom stereocenters. The lowest BCUT2D eigenvalue weighted by Gasteiger charge is -2.39. The largest absolute Gasteiger partial charge is 0.466 e. The highest BCUT2D eigenvalue weighted by Gasteiger charge is 2.46. The van der Waals surface area contributed by atoms with Crippen LogP contribution < -0.4 is 0 Å². The van der Waals surface area contributed by atoms with Crippen LogP contribution in [-0.4, -0.2) is 46.7 Å². The summed E-state index contributed by atoms with van der Waals surface area (Å²) < 4.78 is 11.1. The maximum Gasteiger partial charge on any atom is 0.347 e. The molecule has 3 aromatic carbocycles. The first-order valence-corrected chi connectivity index (χ1v) is 14.0. The fourth-order valence-electron chi connectivity index (χ4n) is 6.08. The van der Waals surface area contributed by atoms with Crippen LogP contribution in [0.25, 0.3) is 0 Å². The number of carbonyl (C=O) groups excluding carboxylic acids is 2. The molecule has 0 amide bonds. The summed E-state index contributed by atoms with van der Waals surface area (Å²) >= 11 is 0. The predicted molar refractivity (Wildman–Crippen MR) is 149 cm³/mol. The second kappa shape index (κ2) is 12.1. The van der Waals surface area contributed by atoms with Gasteiger partial charge in [-0.15, -0.1) is 0 Å². The number of benzene rings is 3. The molecule has 5 rings (SSSR count). The van der Waals surface area contributed by atoms with Crippen molar-refractivity contribution in [2.24, 2.45) is 0 Å². The van der Waals surface area contributed by atoms with Gasteiger partial charge in [0, 0.05) is 37.9 Å². The molecule has 1 N–H and O–H groups in total. The summed E-state index contributed by atoms with van der Waals surface area (Å²) in [5.74, 6) is -0.774. The van der Waals surface area contributed by atoms with Gasteiger partial charge >= 0.3 is 11.9 Å². The minimum Gasteiger partial charge on any atom is -0.466 e. The molecule has 0 aromatic heterocycles. The zero-order valence-corrected chi connectivity index (χ0v) is 22.5. The third kappa shape index (κ3) is 6.07. The lowest BCUT2D eigenvalue weighted by atomic mass is 9.86. The molecule has 0 spiro atoms. The zero-order chi connectivity index (χ0) is 27.2. The van der Waals surface area contributed by atoms with E-state index >= 15 is 0 Å². The standard InChI is InChI=1S/C33H37NO5/c1-2-38-31(35)20-17-24-13-15-25(16-14-24)23-34-28-18-19-29(34)22-30(21-28)39-32(36)33(37,26-9-5-3-6-10-26)27-11-7-4-8-12-27/h3-16,28-30,37H,2,17-23H2,1H3/t28-,29+,30?. The molecule has 3 aromatic rings. The maximum absolute atomic E-state index is 13.6. The van der Waals surface area contributed by atoms with E-state index in [4.69, 9.17) is 9.47 Å². The number of carbonyl (C=O) groups is 2. The van der Waals surface area contributed by atoms with E-state index in [1.807, 2.05) is 43.3 Å². The molecule has 2 heterocycles. The second-order valence-electron chi connectivity index (χ2n) is 10.6. The summed E-state index contributed by atoms with van der Waals surface area (Å²) in [7, 11) is 0. The molecule has 6 nitrogen and oxygen atoms in total. The molecular formula is C33H37NO5. The van der Waals surface area contributed by atoms with Crippen LogP contribution in [0, 0.1) is 0 Å². The summed E-state index contributed by atoms with van der Waals surface area (Å²) in [6.45, 7) is 3.09. The monoisotopic (exact) mass is 527 g/mol. The van der Waals surface area contributed by atoms with Crippen molar-refractivity contribution in [2.45, 2.75) is 75.8 Å². The second-order valence-corrected chi connectivity index (χ2v) is 10.6. The quantitative estimate of drug-likeness (QED) is 0.367. The van der Waals surface area contributed by atoms with E-state index < -0.39 is 11.6 Å². The van der Waals surface area contributed by atoms with Crippen molar-refractivity contribution < 1.29 is 24.2 Å². The van der Waals surface area contributed by atoms with Crippen molar-refractivity contribution in [1.82, 2.24) is 4.90 Å². The average Bonchev–Trinajstić information content (AvgIpc) is 3.19. The van der Waals surface area contributed by atoms with Gasteiger partial charge in [0.1, 0.15) is 6.10 Å². The average molecular weight is 528 g/mol. The Labute approximate surface area is 230 Å². The normalized spacial score (nSPS) is 20.9. The van der Waals surface area contributed by atoms with Gasteiger partial charge in [0.15, 0.2) is 0 Å². The van der Waals surface area contributed by atoms with Gasteiger partial charge in [-0.1, -0.05) is 84.9 Å². The molecule has 3 atom stereocenters. The number of piperidine rings is 1. The smallest absolute Gasteiger partial charge is 0.347 e. The Hall–Kier alpha value is -3.48. The fraction of sp³-hybridized carbons (Fsp3) is 0.394. The Morgan fingerprint density at radius 2 is 1.38 bits per heavy atom. The highest BCUT2D eigenvalue weighted by molar-refractivity contribution is 5.85. The van der Waals surface area contributed by atoms with Crippen LogP contribution >= 0.6 is 0 Å². The number of nitrogens with zero attached hydrogens (tertiary/aromatic N) is 1. The van der Waals surface area contributed by atoms with Crippen molar-refractivity contribution in [3.8, 4) is 0 Å². The van der Waals surface area contributed by atoms with Gasteiger partial charge in [0.2, 0.25) is 5.60 Å². The molecule has 2 bridgehead atoms. The highest BCUT2D eigenvalue weighted by atomic mass is 16.6. The summed E-state index contributed by atoms with van der Waals surface area (Å²) in [4.78, 5) is 27.8. The molecule has 2 aliphatic heterocycles. The summed E-state index contributed by atoms with van der Waals surface area (Å²) in [5.41, 5.74) is 1.53. The Morgan fingerprint density at radius 1 is 0.846 bits per heavy atom. The SMILES string of the molecule is CCOC(=O)CCc1ccc(CN2[C@@H]3CC[C@H]2CC(OC(=O)C(O)(c2ccccc2)c2ccccc2)C3)cc1. The van der Waals surface area contributed by atoms with Gasteiger partial charge < -0.3 is 14.6 Å². The van der Waals surface area contributed by atoms with Crippen molar-refractivity contribution in [1.29, 1.82) is 0 Å². The van der Waals surface area contributed by atoms with Crippen LogP contribution in [0.5, 0.6) is 0 Å². The first kappa shape index (κ1) is 27.1.